The molecule has 0 spiro atoms. The fourth-order valence-corrected chi connectivity index (χ4v) is 2.13. The molecule has 1 aromatic heterocycles. The first-order valence-corrected chi connectivity index (χ1v) is 6.13. The van der Waals surface area contributed by atoms with Crippen molar-refractivity contribution in [1.82, 2.24) is 4.98 Å². The second kappa shape index (κ2) is 4.89. The van der Waals surface area contributed by atoms with Crippen LogP contribution in [0.15, 0.2) is 18.2 Å². The molecule has 102 valence electrons. The van der Waals surface area contributed by atoms with Gasteiger partial charge in [-0.3, -0.25) is 0 Å². The summed E-state index contributed by atoms with van der Waals surface area (Å²) in [5, 5.41) is 3.24. The van der Waals surface area contributed by atoms with Gasteiger partial charge in [0.25, 0.3) is 0 Å². The molecule has 1 N–H and O–H groups in total. The molecule has 0 saturated heterocycles. The minimum atomic E-state index is -4.42. The summed E-state index contributed by atoms with van der Waals surface area (Å²) in [6.45, 7) is 4.24. The maximum absolute atomic E-state index is 12.9. The summed E-state index contributed by atoms with van der Waals surface area (Å²) in [6, 6.07) is 3.68. The number of nitrogens with one attached hydrogen (secondary N) is 1. The van der Waals surface area contributed by atoms with E-state index in [9.17, 15) is 13.2 Å². The van der Waals surface area contributed by atoms with E-state index in [1.807, 2.05) is 6.92 Å². The lowest BCUT2D eigenvalue weighted by Gasteiger charge is -2.14. The van der Waals surface area contributed by atoms with E-state index < -0.39 is 11.7 Å². The van der Waals surface area contributed by atoms with E-state index >= 15 is 0 Å². The molecule has 0 aliphatic rings. The van der Waals surface area contributed by atoms with E-state index in [4.69, 9.17) is 11.6 Å². The Bertz CT molecular complexity index is 623. The van der Waals surface area contributed by atoms with Crippen LogP contribution in [0.2, 0.25) is 5.02 Å². The zero-order valence-corrected chi connectivity index (χ0v) is 11.2. The molecule has 6 heteroatoms. The second-order valence-electron chi connectivity index (χ2n) is 4.17. The molecule has 0 aliphatic carbocycles. The molecular weight excluding hydrogens is 277 g/mol. The summed E-state index contributed by atoms with van der Waals surface area (Å²) >= 11 is 5.95. The van der Waals surface area contributed by atoms with E-state index in [0.29, 0.717) is 17.9 Å². The molecule has 1 aromatic carbocycles. The summed E-state index contributed by atoms with van der Waals surface area (Å²) in [4.78, 5) is 4.20. The minimum absolute atomic E-state index is 0.0270. The van der Waals surface area contributed by atoms with E-state index in [1.165, 1.54) is 12.1 Å². The van der Waals surface area contributed by atoms with Crippen molar-refractivity contribution in [2.75, 3.05) is 11.9 Å². The molecule has 0 amide bonds. The maximum atomic E-state index is 12.9. The molecule has 19 heavy (non-hydrogen) atoms. The molecule has 1 heterocycles. The zero-order chi connectivity index (χ0) is 14.2. The third-order valence-corrected chi connectivity index (χ3v) is 3.08. The molecule has 0 unspecified atom stereocenters. The van der Waals surface area contributed by atoms with Gasteiger partial charge in [-0.2, -0.15) is 13.2 Å². The Hall–Kier alpha value is -1.49. The molecule has 0 saturated carbocycles. The smallest absolute Gasteiger partial charge is 0.370 e. The van der Waals surface area contributed by atoms with Crippen LogP contribution in [0.5, 0.6) is 0 Å². The maximum Gasteiger partial charge on any atom is 0.417 e. The van der Waals surface area contributed by atoms with Gasteiger partial charge in [0, 0.05) is 11.9 Å². The Morgan fingerprint density at radius 2 is 2.00 bits per heavy atom. The number of anilines is 1. The predicted molar refractivity (Wildman–Crippen MR) is 70.7 cm³/mol. The lowest BCUT2D eigenvalue weighted by atomic mass is 10.1. The van der Waals surface area contributed by atoms with Gasteiger partial charge in [0.05, 0.1) is 16.1 Å². The van der Waals surface area contributed by atoms with E-state index in [0.717, 1.165) is 6.07 Å². The second-order valence-corrected chi connectivity index (χ2v) is 4.58. The predicted octanol–water partition coefficient (Wildman–Crippen LogP) is 4.65. The summed E-state index contributed by atoms with van der Waals surface area (Å²) in [5.41, 5.74) is 0.103. The van der Waals surface area contributed by atoms with Gasteiger partial charge in [0.15, 0.2) is 0 Å². The van der Waals surface area contributed by atoms with Crippen molar-refractivity contribution >= 4 is 28.3 Å². The highest BCUT2D eigenvalue weighted by Crippen LogP contribution is 2.37. The number of hydrogen-bond donors (Lipinski definition) is 1. The van der Waals surface area contributed by atoms with Gasteiger partial charge in [-0.05, 0) is 37.6 Å². The number of nitrogens with zero attached hydrogens (tertiary/aromatic N) is 1. The third kappa shape index (κ3) is 2.61. The first-order valence-electron chi connectivity index (χ1n) is 5.75. The van der Waals surface area contributed by atoms with Crippen LogP contribution < -0.4 is 5.32 Å². The largest absolute Gasteiger partial charge is 0.417 e. The Balaban J connectivity index is 2.77. The van der Waals surface area contributed by atoms with Crippen molar-refractivity contribution in [2.24, 2.45) is 0 Å². The van der Waals surface area contributed by atoms with Crippen molar-refractivity contribution in [1.29, 1.82) is 0 Å². The van der Waals surface area contributed by atoms with Gasteiger partial charge in [-0.15, -0.1) is 0 Å². The van der Waals surface area contributed by atoms with Crippen LogP contribution in [0.1, 0.15) is 18.1 Å². The molecule has 0 bridgehead atoms. The highest BCUT2D eigenvalue weighted by atomic mass is 35.5. The Labute approximate surface area is 113 Å². The first-order chi connectivity index (χ1) is 8.84. The van der Waals surface area contributed by atoms with Crippen LogP contribution in [0.25, 0.3) is 10.9 Å². The topological polar surface area (TPSA) is 24.9 Å². The number of rotatable bonds is 2. The fourth-order valence-electron chi connectivity index (χ4n) is 1.92. The minimum Gasteiger partial charge on any atom is -0.370 e. The van der Waals surface area contributed by atoms with Crippen LogP contribution >= 0.6 is 11.6 Å². The van der Waals surface area contributed by atoms with Crippen molar-refractivity contribution in [3.05, 3.63) is 34.3 Å². The van der Waals surface area contributed by atoms with Crippen LogP contribution in [0.4, 0.5) is 19.0 Å². The molecular formula is C13H12ClF3N2. The van der Waals surface area contributed by atoms with Crippen molar-refractivity contribution in [3.8, 4) is 0 Å². The first kappa shape index (κ1) is 13.9. The molecule has 0 radical (unpaired) electrons. The molecule has 2 aromatic rings. The average Bonchev–Trinajstić information content (AvgIpc) is 2.30. The monoisotopic (exact) mass is 288 g/mol. The molecule has 2 nitrogen and oxygen atoms in total. The van der Waals surface area contributed by atoms with Gasteiger partial charge >= 0.3 is 6.18 Å². The highest BCUT2D eigenvalue weighted by Gasteiger charge is 2.33. The Morgan fingerprint density at radius 1 is 1.32 bits per heavy atom. The van der Waals surface area contributed by atoms with Gasteiger partial charge in [-0.25, -0.2) is 4.98 Å². The third-order valence-electron chi connectivity index (χ3n) is 2.78. The average molecular weight is 289 g/mol. The van der Waals surface area contributed by atoms with Gasteiger partial charge in [0.2, 0.25) is 0 Å². The van der Waals surface area contributed by atoms with E-state index in [1.54, 1.807) is 6.92 Å². The number of fused-ring (bicyclic) bond motifs is 1. The summed E-state index contributed by atoms with van der Waals surface area (Å²) < 4.78 is 38.8. The number of aromatic nitrogens is 1. The molecule has 2 rings (SSSR count). The molecule has 0 fully saturated rings. The number of pyridine rings is 1. The summed E-state index contributed by atoms with van der Waals surface area (Å²) in [5.74, 6) is 0.552. The molecule has 0 atom stereocenters. The van der Waals surface area contributed by atoms with Crippen molar-refractivity contribution in [3.63, 3.8) is 0 Å². The quantitative estimate of drug-likeness (QED) is 0.870. The van der Waals surface area contributed by atoms with Crippen LogP contribution in [0, 0.1) is 6.92 Å². The normalized spacial score (nSPS) is 11.9. The van der Waals surface area contributed by atoms with Gasteiger partial charge in [0.1, 0.15) is 5.82 Å². The lowest BCUT2D eigenvalue weighted by Crippen LogP contribution is -2.08. The Kier molecular flexibility index (Phi) is 3.58. The SMILES string of the molecule is CCNc1nc2c(Cl)ccc(C(F)(F)F)c2cc1C. The number of hydrogen-bond acceptors (Lipinski definition) is 2. The van der Waals surface area contributed by atoms with E-state index in [2.05, 4.69) is 10.3 Å². The van der Waals surface area contributed by atoms with Gasteiger partial charge in [-0.1, -0.05) is 11.6 Å². The number of benzene rings is 1. The van der Waals surface area contributed by atoms with Gasteiger partial charge < -0.3 is 5.32 Å². The lowest BCUT2D eigenvalue weighted by molar-refractivity contribution is -0.136. The fraction of sp³-hybridized carbons (Fsp3) is 0.308. The van der Waals surface area contributed by atoms with Crippen LogP contribution in [-0.2, 0) is 6.18 Å². The summed E-state index contributed by atoms with van der Waals surface area (Å²) in [7, 11) is 0. The standard InChI is InChI=1S/C13H12ClF3N2/c1-3-18-12-7(2)6-8-9(13(15,16)17)4-5-10(14)11(8)19-12/h4-6H,3H2,1-2H3,(H,18,19). The van der Waals surface area contributed by atoms with Crippen molar-refractivity contribution in [2.45, 2.75) is 20.0 Å². The highest BCUT2D eigenvalue weighted by molar-refractivity contribution is 6.35. The zero-order valence-electron chi connectivity index (χ0n) is 10.4. The van der Waals surface area contributed by atoms with E-state index in [-0.39, 0.29) is 15.9 Å². The Morgan fingerprint density at radius 3 is 2.58 bits per heavy atom. The number of aryl methyl sites for hydroxylation is 1. The molecule has 0 aliphatic heterocycles. The van der Waals surface area contributed by atoms with Crippen molar-refractivity contribution < 1.29 is 13.2 Å². The van der Waals surface area contributed by atoms with Crippen LogP contribution in [0.3, 0.4) is 0 Å². The number of halogens is 4. The number of alkyl halides is 3. The summed E-state index contributed by atoms with van der Waals surface area (Å²) in [6.07, 6.45) is -4.42. The van der Waals surface area contributed by atoms with Crippen LogP contribution in [-0.4, -0.2) is 11.5 Å².